The lowest BCUT2D eigenvalue weighted by molar-refractivity contribution is -0.0863. The fraction of sp³-hybridized carbons (Fsp3) is 1.00. The highest BCUT2D eigenvalue weighted by molar-refractivity contribution is 4.64. The first kappa shape index (κ1) is 11.9. The third-order valence-corrected chi connectivity index (χ3v) is 2.47. The summed E-state index contributed by atoms with van der Waals surface area (Å²) in [7, 11) is 2.13. The van der Waals surface area contributed by atoms with Crippen molar-refractivity contribution in [3.05, 3.63) is 0 Å². The zero-order valence-corrected chi connectivity index (χ0v) is 9.29. The lowest BCUT2D eigenvalue weighted by Crippen LogP contribution is -2.39. The Hall–Kier alpha value is -0.160. The van der Waals surface area contributed by atoms with Crippen molar-refractivity contribution in [2.75, 3.05) is 53.0 Å². The number of hydrogen-bond acceptors (Lipinski definition) is 4. The average molecular weight is 202 g/mol. The van der Waals surface area contributed by atoms with Gasteiger partial charge in [0.2, 0.25) is 0 Å². The summed E-state index contributed by atoms with van der Waals surface area (Å²) in [6, 6.07) is 0. The molecule has 1 aliphatic heterocycles. The fourth-order valence-corrected chi connectivity index (χ4v) is 1.35. The highest BCUT2D eigenvalue weighted by atomic mass is 16.6. The van der Waals surface area contributed by atoms with E-state index in [1.54, 1.807) is 0 Å². The summed E-state index contributed by atoms with van der Waals surface area (Å²) >= 11 is 0. The second-order valence-electron chi connectivity index (χ2n) is 3.67. The van der Waals surface area contributed by atoms with E-state index in [1.165, 1.54) is 0 Å². The first-order valence-corrected chi connectivity index (χ1v) is 5.41. The van der Waals surface area contributed by atoms with Gasteiger partial charge in [0.05, 0.1) is 25.9 Å². The third kappa shape index (κ3) is 4.91. The van der Waals surface area contributed by atoms with E-state index >= 15 is 0 Å². The molecule has 0 bridgehead atoms. The standard InChI is InChI=1S/C10H22N2O2/c1-3-12(2)5-4-11-8-10-9-13-6-7-14-10/h10-11H,3-9H2,1-2H3. The van der Waals surface area contributed by atoms with Gasteiger partial charge in [-0.05, 0) is 13.6 Å². The first-order chi connectivity index (χ1) is 6.83. The van der Waals surface area contributed by atoms with Crippen LogP contribution in [0.5, 0.6) is 0 Å². The van der Waals surface area contributed by atoms with Crippen LogP contribution in [-0.4, -0.2) is 64.1 Å². The maximum absolute atomic E-state index is 5.51. The van der Waals surface area contributed by atoms with E-state index in [4.69, 9.17) is 9.47 Å². The maximum atomic E-state index is 5.51. The molecule has 1 unspecified atom stereocenters. The molecule has 0 radical (unpaired) electrons. The van der Waals surface area contributed by atoms with Gasteiger partial charge in [-0.15, -0.1) is 0 Å². The summed E-state index contributed by atoms with van der Waals surface area (Å²) in [6.07, 6.45) is 0.246. The van der Waals surface area contributed by atoms with E-state index in [0.717, 1.165) is 46.0 Å². The quantitative estimate of drug-likeness (QED) is 0.612. The number of rotatable bonds is 6. The van der Waals surface area contributed by atoms with Crippen LogP contribution in [0.1, 0.15) is 6.92 Å². The van der Waals surface area contributed by atoms with Crippen molar-refractivity contribution in [3.63, 3.8) is 0 Å². The van der Waals surface area contributed by atoms with Gasteiger partial charge in [-0.2, -0.15) is 0 Å². The molecule has 1 rings (SSSR count). The highest BCUT2D eigenvalue weighted by Gasteiger charge is 2.12. The monoisotopic (exact) mass is 202 g/mol. The molecule has 1 saturated heterocycles. The zero-order valence-electron chi connectivity index (χ0n) is 9.29. The van der Waals surface area contributed by atoms with Crippen LogP contribution in [0.15, 0.2) is 0 Å². The molecular formula is C10H22N2O2. The van der Waals surface area contributed by atoms with Gasteiger partial charge in [0, 0.05) is 19.6 Å². The predicted molar refractivity (Wildman–Crippen MR) is 56.6 cm³/mol. The van der Waals surface area contributed by atoms with Crippen molar-refractivity contribution in [2.45, 2.75) is 13.0 Å². The summed E-state index contributed by atoms with van der Waals surface area (Å²) < 4.78 is 10.8. The van der Waals surface area contributed by atoms with E-state index in [-0.39, 0.29) is 6.10 Å². The van der Waals surface area contributed by atoms with Crippen molar-refractivity contribution in [1.82, 2.24) is 10.2 Å². The number of likely N-dealkylation sites (N-methyl/N-ethyl adjacent to an activating group) is 1. The van der Waals surface area contributed by atoms with Gasteiger partial charge in [-0.3, -0.25) is 0 Å². The fourth-order valence-electron chi connectivity index (χ4n) is 1.35. The van der Waals surface area contributed by atoms with Crippen LogP contribution in [0.2, 0.25) is 0 Å². The molecule has 0 aromatic heterocycles. The van der Waals surface area contributed by atoms with Crippen molar-refractivity contribution in [2.24, 2.45) is 0 Å². The molecule has 1 aliphatic rings. The van der Waals surface area contributed by atoms with E-state index in [9.17, 15) is 0 Å². The SMILES string of the molecule is CCN(C)CCNCC1COCCO1. The second kappa shape index (κ2) is 7.17. The second-order valence-corrected chi connectivity index (χ2v) is 3.67. The van der Waals surface area contributed by atoms with Crippen LogP contribution in [0.3, 0.4) is 0 Å². The van der Waals surface area contributed by atoms with Crippen LogP contribution in [0.4, 0.5) is 0 Å². The van der Waals surface area contributed by atoms with Gasteiger partial charge in [0.15, 0.2) is 0 Å². The number of hydrogen-bond donors (Lipinski definition) is 1. The summed E-state index contributed by atoms with van der Waals surface area (Å²) in [6.45, 7) is 8.49. The first-order valence-electron chi connectivity index (χ1n) is 5.41. The van der Waals surface area contributed by atoms with Crippen LogP contribution in [-0.2, 0) is 9.47 Å². The minimum absolute atomic E-state index is 0.246. The largest absolute Gasteiger partial charge is 0.376 e. The van der Waals surface area contributed by atoms with Crippen molar-refractivity contribution < 1.29 is 9.47 Å². The van der Waals surface area contributed by atoms with Gasteiger partial charge in [-0.1, -0.05) is 6.92 Å². The molecule has 0 aliphatic carbocycles. The van der Waals surface area contributed by atoms with Gasteiger partial charge >= 0.3 is 0 Å². The van der Waals surface area contributed by atoms with E-state index < -0.39 is 0 Å². The van der Waals surface area contributed by atoms with Crippen molar-refractivity contribution in [1.29, 1.82) is 0 Å². The van der Waals surface area contributed by atoms with Crippen LogP contribution in [0, 0.1) is 0 Å². The number of nitrogens with one attached hydrogen (secondary N) is 1. The highest BCUT2D eigenvalue weighted by Crippen LogP contribution is 1.98. The molecule has 1 heterocycles. The molecule has 4 heteroatoms. The van der Waals surface area contributed by atoms with Crippen LogP contribution < -0.4 is 5.32 Å². The minimum atomic E-state index is 0.246. The number of nitrogens with zero attached hydrogens (tertiary/aromatic N) is 1. The Bertz CT molecular complexity index is 138. The van der Waals surface area contributed by atoms with Crippen LogP contribution in [0.25, 0.3) is 0 Å². The van der Waals surface area contributed by atoms with Gasteiger partial charge < -0.3 is 19.7 Å². The van der Waals surface area contributed by atoms with E-state index in [2.05, 4.69) is 24.2 Å². The van der Waals surface area contributed by atoms with Gasteiger partial charge in [-0.25, -0.2) is 0 Å². The average Bonchev–Trinajstić information content (AvgIpc) is 2.25. The molecule has 1 fully saturated rings. The molecular weight excluding hydrogens is 180 g/mol. The molecule has 0 amide bonds. The minimum Gasteiger partial charge on any atom is -0.376 e. The van der Waals surface area contributed by atoms with E-state index in [0.29, 0.717) is 0 Å². The molecule has 0 aromatic rings. The molecule has 84 valence electrons. The normalized spacial score (nSPS) is 22.9. The molecule has 1 atom stereocenters. The van der Waals surface area contributed by atoms with Gasteiger partial charge in [0.1, 0.15) is 0 Å². The molecule has 14 heavy (non-hydrogen) atoms. The Morgan fingerprint density at radius 3 is 2.93 bits per heavy atom. The molecule has 0 aromatic carbocycles. The topological polar surface area (TPSA) is 33.7 Å². The predicted octanol–water partition coefficient (Wildman–Crippen LogP) is -0.0569. The zero-order chi connectivity index (χ0) is 10.2. The smallest absolute Gasteiger partial charge is 0.0933 e. The van der Waals surface area contributed by atoms with Crippen molar-refractivity contribution in [3.8, 4) is 0 Å². The van der Waals surface area contributed by atoms with Gasteiger partial charge in [0.25, 0.3) is 0 Å². The van der Waals surface area contributed by atoms with Crippen molar-refractivity contribution >= 4 is 0 Å². The number of ether oxygens (including phenoxy) is 2. The summed E-state index contributed by atoms with van der Waals surface area (Å²) in [5.74, 6) is 0. The Morgan fingerprint density at radius 1 is 1.43 bits per heavy atom. The summed E-state index contributed by atoms with van der Waals surface area (Å²) in [5, 5.41) is 3.37. The maximum Gasteiger partial charge on any atom is 0.0933 e. The summed E-state index contributed by atoms with van der Waals surface area (Å²) in [4.78, 5) is 2.28. The Kier molecular flexibility index (Phi) is 6.10. The molecule has 0 spiro atoms. The third-order valence-electron chi connectivity index (χ3n) is 2.47. The Morgan fingerprint density at radius 2 is 2.29 bits per heavy atom. The van der Waals surface area contributed by atoms with Crippen LogP contribution >= 0.6 is 0 Å². The van der Waals surface area contributed by atoms with E-state index in [1.807, 2.05) is 0 Å². The molecule has 4 nitrogen and oxygen atoms in total. The lowest BCUT2D eigenvalue weighted by atomic mass is 10.3. The Labute approximate surface area is 86.6 Å². The summed E-state index contributed by atoms with van der Waals surface area (Å²) in [5.41, 5.74) is 0. The Balaban J connectivity index is 1.92. The molecule has 1 N–H and O–H groups in total. The molecule has 0 saturated carbocycles. The lowest BCUT2D eigenvalue weighted by Gasteiger charge is -2.23.